The molecular formula is C22H23N2O5P. The minimum atomic E-state index is -3.62. The molecule has 1 atom stereocenters. The Morgan fingerprint density at radius 2 is 1.50 bits per heavy atom. The van der Waals surface area contributed by atoms with Gasteiger partial charge in [0.1, 0.15) is 5.30 Å². The standard InChI is InChI=1S/C22H23N2O5P/c23-20-11-12-21(24(25)26)22(15-20)30(27,29-17-19-9-5-2-6-10-19)14-13-28-16-18-7-3-1-4-8-18/h1-12,15H,13-14,16-17,23H2. The van der Waals surface area contributed by atoms with E-state index >= 15 is 0 Å². The Bertz CT molecular complexity index is 1030. The lowest BCUT2D eigenvalue weighted by Crippen LogP contribution is -2.18. The molecule has 0 aromatic heterocycles. The SMILES string of the molecule is Nc1ccc([N+](=O)[O-])c(P(=O)(CCOCc2ccccc2)OCc2ccccc2)c1. The zero-order valence-corrected chi connectivity index (χ0v) is 17.2. The molecule has 0 aliphatic heterocycles. The van der Waals surface area contributed by atoms with E-state index in [0.717, 1.165) is 11.1 Å². The summed E-state index contributed by atoms with van der Waals surface area (Å²) in [5.74, 6) is 0. The molecule has 0 fully saturated rings. The van der Waals surface area contributed by atoms with Gasteiger partial charge in [-0.3, -0.25) is 14.7 Å². The predicted octanol–water partition coefficient (Wildman–Crippen LogP) is 4.51. The van der Waals surface area contributed by atoms with E-state index in [2.05, 4.69) is 0 Å². The van der Waals surface area contributed by atoms with Gasteiger partial charge in [0.15, 0.2) is 0 Å². The van der Waals surface area contributed by atoms with E-state index in [1.54, 1.807) is 0 Å². The summed E-state index contributed by atoms with van der Waals surface area (Å²) in [5, 5.41) is 11.5. The molecule has 156 valence electrons. The van der Waals surface area contributed by atoms with Gasteiger partial charge in [0.2, 0.25) is 7.37 Å². The van der Waals surface area contributed by atoms with Crippen LogP contribution in [0.4, 0.5) is 11.4 Å². The molecule has 0 saturated heterocycles. The first-order chi connectivity index (χ1) is 14.5. The maximum absolute atomic E-state index is 13.8. The van der Waals surface area contributed by atoms with Crippen molar-refractivity contribution in [2.24, 2.45) is 0 Å². The van der Waals surface area contributed by atoms with Gasteiger partial charge in [0.05, 0.1) is 30.9 Å². The Kier molecular flexibility index (Phi) is 7.36. The number of nitrogens with two attached hydrogens (primary N) is 1. The molecule has 1 unspecified atom stereocenters. The fraction of sp³-hybridized carbons (Fsp3) is 0.182. The average Bonchev–Trinajstić information content (AvgIpc) is 2.76. The number of nitrogens with zero attached hydrogens (tertiary/aromatic N) is 1. The summed E-state index contributed by atoms with van der Waals surface area (Å²) in [6.45, 7) is 0.522. The first-order valence-electron chi connectivity index (χ1n) is 9.41. The lowest BCUT2D eigenvalue weighted by Gasteiger charge is -2.19. The average molecular weight is 426 g/mol. The normalized spacial score (nSPS) is 12.9. The van der Waals surface area contributed by atoms with Crippen LogP contribution in [0.15, 0.2) is 78.9 Å². The zero-order valence-electron chi connectivity index (χ0n) is 16.3. The van der Waals surface area contributed by atoms with Crippen LogP contribution < -0.4 is 11.0 Å². The van der Waals surface area contributed by atoms with Crippen molar-refractivity contribution < 1.29 is 18.7 Å². The molecule has 0 heterocycles. The fourth-order valence-electron chi connectivity index (χ4n) is 2.92. The summed E-state index contributed by atoms with van der Waals surface area (Å²) >= 11 is 0. The van der Waals surface area contributed by atoms with Crippen LogP contribution in [0.5, 0.6) is 0 Å². The van der Waals surface area contributed by atoms with E-state index in [0.29, 0.717) is 6.61 Å². The van der Waals surface area contributed by atoms with Gasteiger partial charge in [0, 0.05) is 11.8 Å². The van der Waals surface area contributed by atoms with Crippen molar-refractivity contribution in [3.8, 4) is 0 Å². The molecule has 0 aliphatic carbocycles. The van der Waals surface area contributed by atoms with Crippen LogP contribution in [0.25, 0.3) is 0 Å². The molecule has 0 spiro atoms. The summed E-state index contributed by atoms with van der Waals surface area (Å²) in [4.78, 5) is 11.0. The maximum atomic E-state index is 13.8. The fourth-order valence-corrected chi connectivity index (χ4v) is 5.01. The number of anilines is 1. The van der Waals surface area contributed by atoms with Crippen molar-refractivity contribution in [2.45, 2.75) is 13.2 Å². The summed E-state index contributed by atoms with van der Waals surface area (Å²) in [6, 6.07) is 22.8. The first-order valence-corrected chi connectivity index (χ1v) is 11.2. The third-order valence-corrected chi connectivity index (χ3v) is 6.90. The van der Waals surface area contributed by atoms with Gasteiger partial charge in [-0.05, 0) is 23.3 Å². The van der Waals surface area contributed by atoms with Crippen LogP contribution in [-0.4, -0.2) is 17.7 Å². The second kappa shape index (κ2) is 10.2. The van der Waals surface area contributed by atoms with Crippen LogP contribution in [-0.2, 0) is 27.0 Å². The van der Waals surface area contributed by atoms with Gasteiger partial charge in [-0.15, -0.1) is 0 Å². The molecule has 7 nitrogen and oxygen atoms in total. The number of rotatable bonds is 10. The van der Waals surface area contributed by atoms with Crippen LogP contribution in [0, 0.1) is 10.1 Å². The van der Waals surface area contributed by atoms with Crippen molar-refractivity contribution in [1.29, 1.82) is 0 Å². The molecule has 0 saturated carbocycles. The molecule has 3 aromatic carbocycles. The van der Waals surface area contributed by atoms with Crippen LogP contribution >= 0.6 is 7.37 Å². The predicted molar refractivity (Wildman–Crippen MR) is 117 cm³/mol. The summed E-state index contributed by atoms with van der Waals surface area (Å²) in [5.41, 5.74) is 7.63. The Morgan fingerprint density at radius 3 is 2.10 bits per heavy atom. The number of nitro benzene ring substituents is 1. The van der Waals surface area contributed by atoms with E-state index in [-0.39, 0.29) is 36.1 Å². The number of hydrogen-bond acceptors (Lipinski definition) is 6. The highest BCUT2D eigenvalue weighted by Gasteiger charge is 2.34. The topological polar surface area (TPSA) is 105 Å². The quantitative estimate of drug-likeness (QED) is 0.168. The molecule has 2 N–H and O–H groups in total. The molecule has 3 rings (SSSR count). The van der Waals surface area contributed by atoms with Gasteiger partial charge in [-0.2, -0.15) is 0 Å². The Morgan fingerprint density at radius 1 is 0.900 bits per heavy atom. The van der Waals surface area contributed by atoms with Gasteiger partial charge in [-0.1, -0.05) is 60.7 Å². The molecular weight excluding hydrogens is 403 g/mol. The Balaban J connectivity index is 1.80. The highest BCUT2D eigenvalue weighted by atomic mass is 31.2. The number of benzene rings is 3. The number of ether oxygens (including phenoxy) is 1. The van der Waals surface area contributed by atoms with E-state index < -0.39 is 12.3 Å². The molecule has 30 heavy (non-hydrogen) atoms. The number of nitro groups is 1. The van der Waals surface area contributed by atoms with Crippen LogP contribution in [0.1, 0.15) is 11.1 Å². The molecule has 0 radical (unpaired) electrons. The van der Waals surface area contributed by atoms with E-state index in [1.165, 1.54) is 18.2 Å². The maximum Gasteiger partial charge on any atom is 0.282 e. The Labute approximate surface area is 175 Å². The largest absolute Gasteiger partial charge is 0.399 e. The molecule has 0 bridgehead atoms. The van der Waals surface area contributed by atoms with E-state index in [1.807, 2.05) is 60.7 Å². The molecule has 0 amide bonds. The van der Waals surface area contributed by atoms with Gasteiger partial charge < -0.3 is 15.0 Å². The molecule has 3 aromatic rings. The smallest absolute Gasteiger partial charge is 0.282 e. The summed E-state index contributed by atoms with van der Waals surface area (Å²) in [7, 11) is -3.62. The van der Waals surface area contributed by atoms with Crippen LogP contribution in [0.3, 0.4) is 0 Å². The van der Waals surface area contributed by atoms with Crippen LogP contribution in [0.2, 0.25) is 0 Å². The lowest BCUT2D eigenvalue weighted by atomic mass is 10.2. The minimum Gasteiger partial charge on any atom is -0.399 e. The first kappa shape index (κ1) is 21.7. The lowest BCUT2D eigenvalue weighted by molar-refractivity contribution is -0.383. The monoisotopic (exact) mass is 426 g/mol. The van der Waals surface area contributed by atoms with Gasteiger partial charge in [0.25, 0.3) is 5.69 Å². The third kappa shape index (κ3) is 5.76. The van der Waals surface area contributed by atoms with Crippen molar-refractivity contribution in [3.63, 3.8) is 0 Å². The van der Waals surface area contributed by atoms with Crippen molar-refractivity contribution >= 4 is 24.0 Å². The number of hydrogen-bond donors (Lipinski definition) is 1. The van der Waals surface area contributed by atoms with E-state index in [4.69, 9.17) is 15.0 Å². The highest BCUT2D eigenvalue weighted by Crippen LogP contribution is 2.49. The Hall–Kier alpha value is -2.99. The molecule has 8 heteroatoms. The van der Waals surface area contributed by atoms with Gasteiger partial charge >= 0.3 is 0 Å². The van der Waals surface area contributed by atoms with Crippen molar-refractivity contribution in [2.75, 3.05) is 18.5 Å². The highest BCUT2D eigenvalue weighted by molar-refractivity contribution is 7.67. The van der Waals surface area contributed by atoms with Gasteiger partial charge in [-0.25, -0.2) is 0 Å². The number of nitrogen functional groups attached to an aromatic ring is 1. The van der Waals surface area contributed by atoms with Crippen molar-refractivity contribution in [1.82, 2.24) is 0 Å². The van der Waals surface area contributed by atoms with Crippen molar-refractivity contribution in [3.05, 3.63) is 100 Å². The summed E-state index contributed by atoms with van der Waals surface area (Å²) in [6.07, 6.45) is -0.00302. The second-order valence-electron chi connectivity index (χ2n) is 6.70. The molecule has 0 aliphatic rings. The van der Waals surface area contributed by atoms with E-state index in [9.17, 15) is 14.7 Å². The second-order valence-corrected chi connectivity index (χ2v) is 9.23. The third-order valence-electron chi connectivity index (χ3n) is 4.49. The minimum absolute atomic E-state index is 0.00302. The summed E-state index contributed by atoms with van der Waals surface area (Å²) < 4.78 is 25.3. The zero-order chi connectivity index (χ0) is 21.4.